The molecule has 2 aliphatic rings. The second-order valence-corrected chi connectivity index (χ2v) is 7.79. The molecule has 0 amide bonds. The Hall–Kier alpha value is -2.28. The molecule has 1 saturated carbocycles. The molecule has 0 unspecified atom stereocenters. The molecule has 1 aromatic heterocycles. The minimum Gasteiger partial charge on any atom is -0.481 e. The summed E-state index contributed by atoms with van der Waals surface area (Å²) in [5, 5.41) is 0. The largest absolute Gasteiger partial charge is 0.481 e. The summed E-state index contributed by atoms with van der Waals surface area (Å²) in [6.07, 6.45) is 4.54. The van der Waals surface area contributed by atoms with Gasteiger partial charge >= 0.3 is 10.2 Å². The zero-order chi connectivity index (χ0) is 16.7. The van der Waals surface area contributed by atoms with Crippen molar-refractivity contribution in [3.05, 3.63) is 48.2 Å². The first-order valence-corrected chi connectivity index (χ1v) is 9.41. The summed E-state index contributed by atoms with van der Waals surface area (Å²) in [7, 11) is -2.05. The van der Waals surface area contributed by atoms with Crippen LogP contribution in [0.25, 0.3) is 0 Å². The van der Waals surface area contributed by atoms with Crippen molar-refractivity contribution in [2.24, 2.45) is 0 Å². The van der Waals surface area contributed by atoms with Crippen molar-refractivity contribution in [2.45, 2.75) is 31.8 Å². The van der Waals surface area contributed by atoms with Crippen molar-refractivity contribution >= 4 is 21.6 Å². The fourth-order valence-electron chi connectivity index (χ4n) is 3.27. The molecule has 0 radical (unpaired) electrons. The van der Waals surface area contributed by atoms with Crippen molar-refractivity contribution < 1.29 is 13.2 Å². The summed E-state index contributed by atoms with van der Waals surface area (Å²) in [4.78, 5) is 4.17. The van der Waals surface area contributed by atoms with E-state index in [1.165, 1.54) is 4.31 Å². The van der Waals surface area contributed by atoms with E-state index >= 15 is 0 Å². The van der Waals surface area contributed by atoms with Crippen LogP contribution in [0.15, 0.2) is 42.6 Å². The Morgan fingerprint density at radius 3 is 2.58 bits per heavy atom. The zero-order valence-corrected chi connectivity index (χ0v) is 14.2. The molecule has 0 N–H and O–H groups in total. The Morgan fingerprint density at radius 1 is 1.17 bits per heavy atom. The van der Waals surface area contributed by atoms with E-state index in [1.54, 1.807) is 23.7 Å². The number of fused-ring (bicyclic) bond motifs is 1. The fraction of sp³-hybridized carbons (Fsp3) is 0.353. The van der Waals surface area contributed by atoms with Gasteiger partial charge in [0, 0.05) is 17.8 Å². The molecular formula is C17H19N3O3S. The molecule has 0 saturated heterocycles. The monoisotopic (exact) mass is 345 g/mol. The molecule has 0 atom stereocenters. The molecule has 2 heterocycles. The summed E-state index contributed by atoms with van der Waals surface area (Å²) in [6.45, 7) is 0.208. The lowest BCUT2D eigenvalue weighted by molar-refractivity contribution is 0.392. The summed E-state index contributed by atoms with van der Waals surface area (Å²) < 4.78 is 34.7. The highest BCUT2D eigenvalue weighted by Crippen LogP contribution is 2.46. The summed E-state index contributed by atoms with van der Waals surface area (Å²) in [5.74, 6) is 0.451. The van der Waals surface area contributed by atoms with E-state index in [1.807, 2.05) is 30.3 Å². The van der Waals surface area contributed by atoms with Gasteiger partial charge in [0.2, 0.25) is 5.88 Å². The average molecular weight is 345 g/mol. The molecule has 0 bridgehead atoms. The van der Waals surface area contributed by atoms with Gasteiger partial charge in [-0.2, -0.15) is 8.42 Å². The van der Waals surface area contributed by atoms with E-state index in [0.717, 1.165) is 36.2 Å². The molecule has 0 spiro atoms. The van der Waals surface area contributed by atoms with Crippen molar-refractivity contribution in [1.82, 2.24) is 4.98 Å². The number of aromatic nitrogens is 1. The van der Waals surface area contributed by atoms with E-state index in [4.69, 9.17) is 4.74 Å². The van der Waals surface area contributed by atoms with Crippen molar-refractivity contribution in [1.29, 1.82) is 0 Å². The van der Waals surface area contributed by atoms with Crippen LogP contribution in [0.1, 0.15) is 24.8 Å². The van der Waals surface area contributed by atoms with Crippen LogP contribution in [0.3, 0.4) is 0 Å². The van der Waals surface area contributed by atoms with Crippen LogP contribution >= 0.6 is 0 Å². The highest BCUT2D eigenvalue weighted by atomic mass is 32.2. The number of hydrogen-bond donors (Lipinski definition) is 0. The van der Waals surface area contributed by atoms with Gasteiger partial charge in [-0.1, -0.05) is 18.2 Å². The van der Waals surface area contributed by atoms with Gasteiger partial charge < -0.3 is 4.74 Å². The summed E-state index contributed by atoms with van der Waals surface area (Å²) >= 11 is 0. The lowest BCUT2D eigenvalue weighted by Gasteiger charge is -2.35. The highest BCUT2D eigenvalue weighted by Gasteiger charge is 2.45. The molecule has 2 aromatic rings. The molecule has 1 fully saturated rings. The smallest absolute Gasteiger partial charge is 0.327 e. The number of anilines is 2. The summed E-state index contributed by atoms with van der Waals surface area (Å²) in [5.41, 5.74) is 2.23. The molecular weight excluding hydrogens is 326 g/mol. The van der Waals surface area contributed by atoms with Gasteiger partial charge in [0.25, 0.3) is 0 Å². The number of rotatable bonds is 4. The van der Waals surface area contributed by atoms with Crippen LogP contribution in [0.2, 0.25) is 0 Å². The topological polar surface area (TPSA) is 62.7 Å². The second kappa shape index (κ2) is 5.66. The number of methoxy groups -OCH3 is 1. The van der Waals surface area contributed by atoms with Gasteiger partial charge in [-0.25, -0.2) is 13.6 Å². The Kier molecular flexibility index (Phi) is 3.60. The highest BCUT2D eigenvalue weighted by molar-refractivity contribution is 7.94. The first kappa shape index (κ1) is 15.3. The van der Waals surface area contributed by atoms with Gasteiger partial charge in [0.1, 0.15) is 0 Å². The van der Waals surface area contributed by atoms with E-state index in [2.05, 4.69) is 4.98 Å². The van der Waals surface area contributed by atoms with E-state index < -0.39 is 10.2 Å². The maximum absolute atomic E-state index is 13.2. The van der Waals surface area contributed by atoms with Gasteiger partial charge in [-0.05, 0) is 37.5 Å². The Bertz CT molecular complexity index is 865. The first-order valence-electron chi connectivity index (χ1n) is 8.02. The maximum atomic E-state index is 13.2. The SMILES string of the molecule is COc1ncccc1CN1c2ccccc2N(C2CCC2)S1(=O)=O. The first-order chi connectivity index (χ1) is 11.6. The molecule has 4 rings (SSSR count). The molecule has 1 aromatic carbocycles. The number of benzene rings is 1. The van der Waals surface area contributed by atoms with Crippen LogP contribution < -0.4 is 13.3 Å². The number of hydrogen-bond acceptors (Lipinski definition) is 4. The van der Waals surface area contributed by atoms with Gasteiger partial charge in [0.05, 0.1) is 25.0 Å². The molecule has 6 nitrogen and oxygen atoms in total. The van der Waals surface area contributed by atoms with E-state index in [9.17, 15) is 8.42 Å². The van der Waals surface area contributed by atoms with Gasteiger partial charge in [-0.15, -0.1) is 0 Å². The minimum absolute atomic E-state index is 0.0666. The Morgan fingerprint density at radius 2 is 1.92 bits per heavy atom. The molecule has 1 aliphatic carbocycles. The average Bonchev–Trinajstić information content (AvgIpc) is 2.76. The Labute approximate surface area is 141 Å². The molecule has 7 heteroatoms. The number of pyridine rings is 1. The summed E-state index contributed by atoms with van der Waals surface area (Å²) in [6, 6.07) is 11.2. The second-order valence-electron chi connectivity index (χ2n) is 6.06. The third-order valence-electron chi connectivity index (χ3n) is 4.68. The normalized spacial score (nSPS) is 19.0. The zero-order valence-electron chi connectivity index (χ0n) is 13.4. The third-order valence-corrected chi connectivity index (χ3v) is 6.55. The fourth-order valence-corrected chi connectivity index (χ4v) is 5.18. The van der Waals surface area contributed by atoms with Crippen LogP contribution in [0.4, 0.5) is 11.4 Å². The van der Waals surface area contributed by atoms with Crippen LogP contribution in [-0.2, 0) is 16.8 Å². The third kappa shape index (κ3) is 2.23. The quantitative estimate of drug-likeness (QED) is 0.855. The lowest BCUT2D eigenvalue weighted by atomic mass is 9.93. The predicted molar refractivity (Wildman–Crippen MR) is 92.5 cm³/mol. The van der Waals surface area contributed by atoms with Crippen LogP contribution in [0, 0.1) is 0 Å². The van der Waals surface area contributed by atoms with Gasteiger partial charge in [0.15, 0.2) is 0 Å². The van der Waals surface area contributed by atoms with E-state index in [0.29, 0.717) is 5.88 Å². The van der Waals surface area contributed by atoms with Crippen molar-refractivity contribution in [3.63, 3.8) is 0 Å². The van der Waals surface area contributed by atoms with Crippen molar-refractivity contribution in [3.8, 4) is 5.88 Å². The van der Waals surface area contributed by atoms with E-state index in [-0.39, 0.29) is 12.6 Å². The number of nitrogens with zero attached hydrogens (tertiary/aromatic N) is 3. The standard InChI is InChI=1S/C17H19N3O3S/c1-23-17-13(6-5-11-18-17)12-19-15-9-2-3-10-16(15)20(24(19,21)22)14-7-4-8-14/h2-3,5-6,9-11,14H,4,7-8,12H2,1H3. The Balaban J connectivity index is 1.77. The predicted octanol–water partition coefficient (Wildman–Crippen LogP) is 2.71. The van der Waals surface area contributed by atoms with Crippen LogP contribution in [0.5, 0.6) is 5.88 Å². The molecule has 126 valence electrons. The molecule has 1 aliphatic heterocycles. The number of para-hydroxylation sites is 2. The van der Waals surface area contributed by atoms with Crippen molar-refractivity contribution in [2.75, 3.05) is 15.7 Å². The maximum Gasteiger partial charge on any atom is 0.327 e. The van der Waals surface area contributed by atoms with Crippen LogP contribution in [-0.4, -0.2) is 26.6 Å². The van der Waals surface area contributed by atoms with Gasteiger partial charge in [-0.3, -0.25) is 0 Å². The molecule has 24 heavy (non-hydrogen) atoms. The number of ether oxygens (including phenoxy) is 1. The lowest BCUT2D eigenvalue weighted by Crippen LogP contribution is -2.46. The minimum atomic E-state index is -3.59.